The highest BCUT2D eigenvalue weighted by atomic mass is 16.5. The van der Waals surface area contributed by atoms with Crippen molar-refractivity contribution in [1.82, 2.24) is 0 Å². The lowest BCUT2D eigenvalue weighted by Gasteiger charge is -2.44. The molecule has 0 bridgehead atoms. The Balaban J connectivity index is 1.88. The van der Waals surface area contributed by atoms with E-state index in [0.29, 0.717) is 11.3 Å². The molecule has 0 saturated heterocycles. The number of ether oxygens (including phenoxy) is 1. The molecule has 0 radical (unpaired) electrons. The Kier molecular flexibility index (Phi) is 5.71. The van der Waals surface area contributed by atoms with Gasteiger partial charge in [0.15, 0.2) is 5.60 Å². The molecule has 5 rings (SSSR count). The van der Waals surface area contributed by atoms with Gasteiger partial charge in [-0.05, 0) is 22.8 Å². The fourth-order valence-corrected chi connectivity index (χ4v) is 5.14. The monoisotopic (exact) mass is 463 g/mol. The second-order valence-corrected chi connectivity index (χ2v) is 8.58. The van der Waals surface area contributed by atoms with Crippen molar-refractivity contribution in [3.05, 3.63) is 138 Å². The number of hydrogen-bond acceptors (Lipinski definition) is 4. The van der Waals surface area contributed by atoms with Crippen LogP contribution < -0.4 is 4.90 Å². The Bertz CT molecular complexity index is 1260. The molecule has 0 spiro atoms. The SMILES string of the molecule is COC(=O)C[C@]1(O)C(=O)N(C(c2ccccc2)(c2ccccc2)c2ccccc2)c2ccccc21. The number of hydrogen-bond donors (Lipinski definition) is 1. The zero-order valence-corrected chi connectivity index (χ0v) is 19.3. The lowest BCUT2D eigenvalue weighted by Crippen LogP contribution is -2.54. The highest BCUT2D eigenvalue weighted by Gasteiger charge is 2.58. The van der Waals surface area contributed by atoms with E-state index in [4.69, 9.17) is 4.74 Å². The Morgan fingerprint density at radius 2 is 1.20 bits per heavy atom. The maximum atomic E-state index is 14.4. The molecule has 0 saturated carbocycles. The summed E-state index contributed by atoms with van der Waals surface area (Å²) in [4.78, 5) is 28.4. The van der Waals surface area contributed by atoms with Crippen LogP contribution in [0.2, 0.25) is 0 Å². The van der Waals surface area contributed by atoms with E-state index in [1.807, 2.05) is 103 Å². The molecule has 1 atom stereocenters. The van der Waals surface area contributed by atoms with Gasteiger partial charge in [-0.1, -0.05) is 109 Å². The number of fused-ring (bicyclic) bond motifs is 1. The van der Waals surface area contributed by atoms with Gasteiger partial charge in [0.1, 0.15) is 5.54 Å². The predicted molar refractivity (Wildman–Crippen MR) is 134 cm³/mol. The zero-order chi connectivity index (χ0) is 24.5. The topological polar surface area (TPSA) is 66.8 Å². The Hall–Kier alpha value is -4.22. The van der Waals surface area contributed by atoms with Gasteiger partial charge in [-0.3, -0.25) is 14.5 Å². The molecule has 1 heterocycles. The van der Waals surface area contributed by atoms with Gasteiger partial charge < -0.3 is 9.84 Å². The number of benzene rings is 4. The van der Waals surface area contributed by atoms with Crippen molar-refractivity contribution in [2.24, 2.45) is 0 Å². The summed E-state index contributed by atoms with van der Waals surface area (Å²) in [6.45, 7) is 0. The number of carbonyl (C=O) groups excluding carboxylic acids is 2. The van der Waals surface area contributed by atoms with Crippen molar-refractivity contribution in [1.29, 1.82) is 0 Å². The van der Waals surface area contributed by atoms with Crippen LogP contribution in [-0.4, -0.2) is 24.1 Å². The Labute approximate surface area is 204 Å². The average Bonchev–Trinajstić information content (AvgIpc) is 3.13. The van der Waals surface area contributed by atoms with Gasteiger partial charge in [0.25, 0.3) is 5.91 Å². The number of nitrogens with zero attached hydrogens (tertiary/aromatic N) is 1. The molecular weight excluding hydrogens is 438 g/mol. The van der Waals surface area contributed by atoms with Gasteiger partial charge in [-0.25, -0.2) is 0 Å². The lowest BCUT2D eigenvalue weighted by molar-refractivity contribution is -0.153. The molecule has 1 N–H and O–H groups in total. The largest absolute Gasteiger partial charge is 0.469 e. The first-order chi connectivity index (χ1) is 17.0. The fourth-order valence-electron chi connectivity index (χ4n) is 5.14. The summed E-state index contributed by atoms with van der Waals surface area (Å²) in [5, 5.41) is 11.8. The molecular formula is C30H25NO4. The van der Waals surface area contributed by atoms with Gasteiger partial charge in [-0.15, -0.1) is 0 Å². The van der Waals surface area contributed by atoms with Crippen LogP contribution in [-0.2, 0) is 25.5 Å². The maximum absolute atomic E-state index is 14.4. The molecule has 35 heavy (non-hydrogen) atoms. The van der Waals surface area contributed by atoms with Crippen LogP contribution in [0.1, 0.15) is 28.7 Å². The van der Waals surface area contributed by atoms with E-state index in [0.717, 1.165) is 16.7 Å². The van der Waals surface area contributed by atoms with Gasteiger partial charge in [0.2, 0.25) is 0 Å². The molecule has 0 aromatic heterocycles. The van der Waals surface area contributed by atoms with Crippen molar-refractivity contribution in [2.75, 3.05) is 12.0 Å². The number of anilines is 1. The maximum Gasteiger partial charge on any atom is 0.309 e. The highest BCUT2D eigenvalue weighted by Crippen LogP contribution is 2.52. The van der Waals surface area contributed by atoms with Crippen LogP contribution in [0.4, 0.5) is 5.69 Å². The second-order valence-electron chi connectivity index (χ2n) is 8.58. The minimum atomic E-state index is -2.06. The third-order valence-corrected chi connectivity index (χ3v) is 6.69. The molecule has 5 nitrogen and oxygen atoms in total. The van der Waals surface area contributed by atoms with Gasteiger partial charge in [-0.2, -0.15) is 0 Å². The van der Waals surface area contributed by atoms with E-state index in [2.05, 4.69) is 0 Å². The molecule has 4 aromatic rings. The number of para-hydroxylation sites is 1. The summed E-state index contributed by atoms with van der Waals surface area (Å²) in [5.41, 5.74) is 0.293. The van der Waals surface area contributed by atoms with Crippen molar-refractivity contribution < 1.29 is 19.4 Å². The van der Waals surface area contributed by atoms with Crippen LogP contribution >= 0.6 is 0 Å². The number of aliphatic hydroxyl groups is 1. The average molecular weight is 464 g/mol. The summed E-state index contributed by atoms with van der Waals surface area (Å²) < 4.78 is 4.85. The molecule has 4 aromatic carbocycles. The number of carbonyl (C=O) groups is 2. The first-order valence-corrected chi connectivity index (χ1v) is 11.4. The van der Waals surface area contributed by atoms with Crippen LogP contribution in [0.5, 0.6) is 0 Å². The highest BCUT2D eigenvalue weighted by molar-refractivity contribution is 6.10. The third kappa shape index (κ3) is 3.44. The van der Waals surface area contributed by atoms with Crippen molar-refractivity contribution in [3.8, 4) is 0 Å². The first-order valence-electron chi connectivity index (χ1n) is 11.4. The van der Waals surface area contributed by atoms with E-state index in [1.165, 1.54) is 7.11 Å². The molecule has 0 unspecified atom stereocenters. The number of methoxy groups -OCH3 is 1. The van der Waals surface area contributed by atoms with E-state index in [1.54, 1.807) is 17.0 Å². The normalized spacial score (nSPS) is 17.2. The van der Waals surface area contributed by atoms with Crippen LogP contribution in [0.25, 0.3) is 0 Å². The molecule has 1 aliphatic heterocycles. The van der Waals surface area contributed by atoms with Crippen molar-refractivity contribution >= 4 is 17.6 Å². The minimum Gasteiger partial charge on any atom is -0.469 e. The lowest BCUT2D eigenvalue weighted by atomic mass is 9.75. The van der Waals surface area contributed by atoms with E-state index in [9.17, 15) is 14.7 Å². The molecule has 0 fully saturated rings. The number of amides is 1. The Morgan fingerprint density at radius 3 is 1.66 bits per heavy atom. The van der Waals surface area contributed by atoms with Gasteiger partial charge in [0.05, 0.1) is 19.2 Å². The summed E-state index contributed by atoms with van der Waals surface area (Å²) in [6, 6.07) is 36.4. The van der Waals surface area contributed by atoms with E-state index in [-0.39, 0.29) is 0 Å². The predicted octanol–water partition coefficient (Wildman–Crippen LogP) is 4.78. The minimum absolute atomic E-state index is 0.377. The summed E-state index contributed by atoms with van der Waals surface area (Å²) in [6.07, 6.45) is -0.482. The van der Waals surface area contributed by atoms with E-state index < -0.39 is 29.4 Å². The smallest absolute Gasteiger partial charge is 0.309 e. The molecule has 1 aliphatic rings. The summed E-state index contributed by atoms with van der Waals surface area (Å²) in [7, 11) is 1.25. The molecule has 0 aliphatic carbocycles. The van der Waals surface area contributed by atoms with Crippen molar-refractivity contribution in [3.63, 3.8) is 0 Å². The van der Waals surface area contributed by atoms with Crippen LogP contribution in [0.15, 0.2) is 115 Å². The van der Waals surface area contributed by atoms with Gasteiger partial charge in [0, 0.05) is 5.56 Å². The summed E-state index contributed by atoms with van der Waals surface area (Å²) >= 11 is 0. The Morgan fingerprint density at radius 1 is 0.771 bits per heavy atom. The van der Waals surface area contributed by atoms with Crippen LogP contribution in [0.3, 0.4) is 0 Å². The van der Waals surface area contributed by atoms with E-state index >= 15 is 0 Å². The summed E-state index contributed by atoms with van der Waals surface area (Å²) in [5.74, 6) is -1.25. The standard InChI is InChI=1S/C30H25NO4/c1-35-27(32)21-29(34)25-19-11-12-20-26(25)31(28(29)33)30(22-13-5-2-6-14-22,23-15-7-3-8-16-23)24-17-9-4-10-18-24/h2-20,34H,21H2,1H3/t29-/m1/s1. The number of rotatable bonds is 6. The fraction of sp³-hybridized carbons (Fsp3) is 0.133. The second kappa shape index (κ2) is 8.85. The van der Waals surface area contributed by atoms with Crippen LogP contribution in [0, 0.1) is 0 Å². The quantitative estimate of drug-likeness (QED) is 0.330. The molecule has 1 amide bonds. The van der Waals surface area contributed by atoms with Crippen molar-refractivity contribution in [2.45, 2.75) is 17.6 Å². The third-order valence-electron chi connectivity index (χ3n) is 6.69. The molecule has 5 heteroatoms. The van der Waals surface area contributed by atoms with Gasteiger partial charge >= 0.3 is 5.97 Å². The zero-order valence-electron chi connectivity index (χ0n) is 19.3. The number of esters is 1. The first kappa shape index (κ1) is 22.6. The molecule has 174 valence electrons.